The Bertz CT molecular complexity index is 735. The lowest BCUT2D eigenvalue weighted by atomic mass is 10.1. The van der Waals surface area contributed by atoms with Gasteiger partial charge >= 0.3 is 0 Å². The van der Waals surface area contributed by atoms with E-state index in [1.54, 1.807) is 18.2 Å². The van der Waals surface area contributed by atoms with Gasteiger partial charge in [-0.05, 0) is 59.1 Å². The average molecular weight is 355 g/mol. The van der Waals surface area contributed by atoms with Crippen molar-refractivity contribution >= 4 is 37.3 Å². The van der Waals surface area contributed by atoms with Crippen LogP contribution in [-0.2, 0) is 10.0 Å². The minimum absolute atomic E-state index is 0.0758. The first kappa shape index (κ1) is 14.9. The Morgan fingerprint density at radius 2 is 1.80 bits per heavy atom. The van der Waals surface area contributed by atoms with Gasteiger partial charge in [-0.15, -0.1) is 0 Å². The summed E-state index contributed by atoms with van der Waals surface area (Å²) in [6.45, 7) is 3.80. The molecule has 0 unspecified atom stereocenters. The number of benzene rings is 2. The Kier molecular flexibility index (Phi) is 4.06. The number of hydrogen-bond acceptors (Lipinski definition) is 3. The molecule has 0 radical (unpaired) electrons. The van der Waals surface area contributed by atoms with Crippen molar-refractivity contribution in [1.29, 1.82) is 0 Å². The molecule has 3 N–H and O–H groups in total. The summed E-state index contributed by atoms with van der Waals surface area (Å²) in [5.74, 6) is 0. The second-order valence-corrected chi connectivity index (χ2v) is 7.09. The van der Waals surface area contributed by atoms with Crippen molar-refractivity contribution in [1.82, 2.24) is 0 Å². The van der Waals surface area contributed by atoms with Crippen LogP contribution in [-0.4, -0.2) is 8.42 Å². The van der Waals surface area contributed by atoms with Crippen molar-refractivity contribution in [2.75, 3.05) is 10.5 Å². The molecule has 0 spiro atoms. The van der Waals surface area contributed by atoms with E-state index in [0.29, 0.717) is 10.2 Å². The summed E-state index contributed by atoms with van der Waals surface area (Å²) in [6, 6.07) is 10.2. The zero-order chi connectivity index (χ0) is 14.9. The van der Waals surface area contributed by atoms with Crippen LogP contribution in [0.2, 0.25) is 0 Å². The standard InChI is InChI=1S/C14H15BrN2O2S/c1-9-7-10(2)14(11(15)8-9)17-20(18,19)13-6-4-3-5-12(13)16/h3-8,17H,16H2,1-2H3. The van der Waals surface area contributed by atoms with E-state index < -0.39 is 10.0 Å². The van der Waals surface area contributed by atoms with Crippen LogP contribution in [0.4, 0.5) is 11.4 Å². The molecule has 0 heterocycles. The lowest BCUT2D eigenvalue weighted by Gasteiger charge is -2.14. The van der Waals surface area contributed by atoms with Crippen LogP contribution in [0.3, 0.4) is 0 Å². The van der Waals surface area contributed by atoms with Gasteiger partial charge in [0, 0.05) is 4.47 Å². The molecule has 20 heavy (non-hydrogen) atoms. The van der Waals surface area contributed by atoms with Gasteiger partial charge in [0.05, 0.1) is 11.4 Å². The van der Waals surface area contributed by atoms with Crippen LogP contribution in [0, 0.1) is 13.8 Å². The molecule has 0 atom stereocenters. The third kappa shape index (κ3) is 2.96. The van der Waals surface area contributed by atoms with Gasteiger partial charge in [0.25, 0.3) is 10.0 Å². The van der Waals surface area contributed by atoms with Crippen LogP contribution < -0.4 is 10.5 Å². The van der Waals surface area contributed by atoms with Crippen molar-refractivity contribution in [3.05, 3.63) is 52.0 Å². The van der Waals surface area contributed by atoms with Gasteiger partial charge in [-0.3, -0.25) is 4.72 Å². The van der Waals surface area contributed by atoms with Gasteiger partial charge in [0.1, 0.15) is 4.90 Å². The third-order valence-corrected chi connectivity index (χ3v) is 4.93. The molecule has 2 aromatic carbocycles. The molecule has 0 saturated heterocycles. The van der Waals surface area contributed by atoms with Crippen molar-refractivity contribution in [3.63, 3.8) is 0 Å². The van der Waals surface area contributed by atoms with E-state index >= 15 is 0 Å². The van der Waals surface area contributed by atoms with Gasteiger partial charge in [0.2, 0.25) is 0 Å². The van der Waals surface area contributed by atoms with E-state index in [-0.39, 0.29) is 10.6 Å². The fourth-order valence-corrected chi connectivity index (χ4v) is 4.15. The highest BCUT2D eigenvalue weighted by atomic mass is 79.9. The quantitative estimate of drug-likeness (QED) is 0.829. The largest absolute Gasteiger partial charge is 0.398 e. The fourth-order valence-electron chi connectivity index (χ4n) is 1.96. The minimum Gasteiger partial charge on any atom is -0.398 e. The number of nitrogen functional groups attached to an aromatic ring is 1. The first-order chi connectivity index (χ1) is 9.31. The summed E-state index contributed by atoms with van der Waals surface area (Å²) >= 11 is 3.38. The second kappa shape index (κ2) is 5.46. The molecule has 0 fully saturated rings. The molecular weight excluding hydrogens is 340 g/mol. The maximum absolute atomic E-state index is 12.4. The predicted octanol–water partition coefficient (Wildman–Crippen LogP) is 3.45. The van der Waals surface area contributed by atoms with Crippen molar-refractivity contribution in [3.8, 4) is 0 Å². The Hall–Kier alpha value is -1.53. The molecule has 0 aliphatic rings. The fraction of sp³-hybridized carbons (Fsp3) is 0.143. The molecule has 2 rings (SSSR count). The number of sulfonamides is 1. The molecule has 0 bridgehead atoms. The third-order valence-electron chi connectivity index (χ3n) is 2.88. The molecule has 0 aromatic heterocycles. The van der Waals surface area contributed by atoms with Crippen molar-refractivity contribution in [2.24, 2.45) is 0 Å². The van der Waals surface area contributed by atoms with E-state index in [1.807, 2.05) is 26.0 Å². The number of anilines is 2. The maximum atomic E-state index is 12.4. The summed E-state index contributed by atoms with van der Waals surface area (Å²) in [5, 5.41) is 0. The number of aryl methyl sites for hydroxylation is 2. The summed E-state index contributed by atoms with van der Waals surface area (Å²) in [7, 11) is -3.71. The Morgan fingerprint density at radius 3 is 2.40 bits per heavy atom. The lowest BCUT2D eigenvalue weighted by molar-refractivity contribution is 0.601. The Morgan fingerprint density at radius 1 is 1.15 bits per heavy atom. The van der Waals surface area contributed by atoms with Gasteiger partial charge in [-0.2, -0.15) is 0 Å². The number of para-hydroxylation sites is 1. The number of rotatable bonds is 3. The van der Waals surface area contributed by atoms with Gasteiger partial charge in [0.15, 0.2) is 0 Å². The zero-order valence-corrected chi connectivity index (χ0v) is 13.5. The number of hydrogen-bond donors (Lipinski definition) is 2. The molecule has 106 valence electrons. The highest BCUT2D eigenvalue weighted by Crippen LogP contribution is 2.30. The van der Waals surface area contributed by atoms with E-state index in [9.17, 15) is 8.42 Å². The average Bonchev–Trinajstić information content (AvgIpc) is 2.34. The highest BCUT2D eigenvalue weighted by Gasteiger charge is 2.19. The summed E-state index contributed by atoms with van der Waals surface area (Å²) in [5.41, 5.74) is 8.37. The van der Waals surface area contributed by atoms with Crippen LogP contribution in [0.1, 0.15) is 11.1 Å². The van der Waals surface area contributed by atoms with E-state index in [4.69, 9.17) is 5.73 Å². The summed E-state index contributed by atoms with van der Waals surface area (Å²) in [4.78, 5) is 0.0758. The Balaban J connectivity index is 2.47. The summed E-state index contributed by atoms with van der Waals surface area (Å²) < 4.78 is 28.1. The lowest BCUT2D eigenvalue weighted by Crippen LogP contribution is -2.15. The highest BCUT2D eigenvalue weighted by molar-refractivity contribution is 9.10. The number of nitrogens with one attached hydrogen (secondary N) is 1. The molecule has 2 aromatic rings. The summed E-state index contributed by atoms with van der Waals surface area (Å²) in [6.07, 6.45) is 0. The first-order valence-corrected chi connectivity index (χ1v) is 8.23. The maximum Gasteiger partial charge on any atom is 0.263 e. The van der Waals surface area contributed by atoms with E-state index in [1.165, 1.54) is 6.07 Å². The predicted molar refractivity (Wildman–Crippen MR) is 85.3 cm³/mol. The number of nitrogens with two attached hydrogens (primary N) is 1. The van der Waals surface area contributed by atoms with Crippen LogP contribution in [0.5, 0.6) is 0 Å². The second-order valence-electron chi connectivity index (χ2n) is 4.58. The minimum atomic E-state index is -3.71. The van der Waals surface area contributed by atoms with E-state index in [0.717, 1.165) is 11.1 Å². The normalized spacial score (nSPS) is 11.3. The van der Waals surface area contributed by atoms with Crippen molar-refractivity contribution in [2.45, 2.75) is 18.7 Å². The van der Waals surface area contributed by atoms with Crippen LogP contribution in [0.25, 0.3) is 0 Å². The monoisotopic (exact) mass is 354 g/mol. The zero-order valence-electron chi connectivity index (χ0n) is 11.1. The van der Waals surface area contributed by atoms with E-state index in [2.05, 4.69) is 20.7 Å². The molecule has 4 nitrogen and oxygen atoms in total. The molecule has 0 saturated carbocycles. The van der Waals surface area contributed by atoms with Crippen molar-refractivity contribution < 1.29 is 8.42 Å². The SMILES string of the molecule is Cc1cc(C)c(NS(=O)(=O)c2ccccc2N)c(Br)c1. The molecule has 0 aliphatic heterocycles. The molecule has 0 aliphatic carbocycles. The molecular formula is C14H15BrN2O2S. The van der Waals surface area contributed by atoms with Gasteiger partial charge in [-0.25, -0.2) is 8.42 Å². The molecule has 6 heteroatoms. The topological polar surface area (TPSA) is 72.2 Å². The first-order valence-electron chi connectivity index (χ1n) is 5.95. The van der Waals surface area contributed by atoms with Gasteiger partial charge in [-0.1, -0.05) is 18.2 Å². The smallest absolute Gasteiger partial charge is 0.263 e. The van der Waals surface area contributed by atoms with Crippen LogP contribution >= 0.6 is 15.9 Å². The number of halogens is 1. The van der Waals surface area contributed by atoms with Crippen LogP contribution in [0.15, 0.2) is 45.8 Å². The Labute approximate surface area is 127 Å². The van der Waals surface area contributed by atoms with Gasteiger partial charge < -0.3 is 5.73 Å². The molecule has 0 amide bonds.